The van der Waals surface area contributed by atoms with Crippen LogP contribution in [0.5, 0.6) is 0 Å². The summed E-state index contributed by atoms with van der Waals surface area (Å²) in [4.78, 5) is 12.8. The van der Waals surface area contributed by atoms with E-state index in [-0.39, 0.29) is 12.1 Å². The molecule has 2 aromatic heterocycles. The van der Waals surface area contributed by atoms with Gasteiger partial charge >= 0.3 is 0 Å². The predicted octanol–water partition coefficient (Wildman–Crippen LogP) is 8.17. The Bertz CT molecular complexity index is 2430. The number of hydrogen-bond acceptors (Lipinski definition) is 11. The minimum Gasteiger partial charge on any atom is -0.399 e. The maximum Gasteiger partial charge on any atom is 0.208 e. The van der Waals surface area contributed by atoms with Crippen LogP contribution >= 0.6 is 0 Å². The Balaban J connectivity index is 1.46. The summed E-state index contributed by atoms with van der Waals surface area (Å²) in [6.45, 7) is 31.1. The Morgan fingerprint density at radius 3 is 2.50 bits per heavy atom. The number of aryl methyl sites for hydroxylation is 4. The number of aliphatic imine (C=N–C) groups is 1. The van der Waals surface area contributed by atoms with Crippen LogP contribution in [-0.4, -0.2) is 74.8 Å². The van der Waals surface area contributed by atoms with Gasteiger partial charge in [0.1, 0.15) is 0 Å². The van der Waals surface area contributed by atoms with Gasteiger partial charge in [0.25, 0.3) is 0 Å². The second kappa shape index (κ2) is 20.6. The van der Waals surface area contributed by atoms with Crippen molar-refractivity contribution in [1.82, 2.24) is 40.2 Å². The van der Waals surface area contributed by atoms with Crippen molar-refractivity contribution in [3.8, 4) is 0 Å². The number of fused-ring (bicyclic) bond motifs is 1. The van der Waals surface area contributed by atoms with E-state index in [4.69, 9.17) is 25.9 Å². The van der Waals surface area contributed by atoms with Crippen molar-refractivity contribution in [2.24, 2.45) is 10.7 Å². The number of methoxy groups -OCH3 is 1. The first-order valence-corrected chi connectivity index (χ1v) is 21.8. The molecule has 2 aromatic carbocycles. The standard InChI is InChI=1S/C49H66N12O/c1-11-37-25-38-17-19-41(53-33(6)30-62-10)20-18-39-27-40(34(7)51)28-45-47(39)60(49(57-45)54-35(8)43(52-12-2)21-16-31(4)50)23-15-14-22-59-29-42(38)44(26-37)56-48(59)55-36(9)46-24-32(5)58-61(46)13-3/h11,14-15,21,24-28,33,41,50,52-53H,1,7-9,12-13,16-20,22-23,29-30,51H2,2-6,10H3,(H,54,57)(H,55,56)/b15-14+,43-21-,50-31?. The fourth-order valence-electron chi connectivity index (χ4n) is 8.31. The highest BCUT2D eigenvalue weighted by molar-refractivity contribution is 5.92. The molecule has 13 nitrogen and oxygen atoms in total. The summed E-state index contributed by atoms with van der Waals surface area (Å²) in [7, 11) is 1.75. The van der Waals surface area contributed by atoms with E-state index in [1.807, 2.05) is 36.7 Å². The lowest BCUT2D eigenvalue weighted by molar-refractivity contribution is 0.164. The first-order valence-electron chi connectivity index (χ1n) is 21.8. The van der Waals surface area contributed by atoms with Crippen LogP contribution in [0.2, 0.25) is 0 Å². The van der Waals surface area contributed by atoms with Crippen molar-refractivity contribution in [3.05, 3.63) is 125 Å². The van der Waals surface area contributed by atoms with Crippen molar-refractivity contribution in [1.29, 1.82) is 5.41 Å². The molecule has 0 saturated heterocycles. The molecule has 328 valence electrons. The van der Waals surface area contributed by atoms with Crippen molar-refractivity contribution in [2.75, 3.05) is 32.1 Å². The van der Waals surface area contributed by atoms with Gasteiger partial charge in [-0.2, -0.15) is 5.10 Å². The summed E-state index contributed by atoms with van der Waals surface area (Å²) in [6.07, 6.45) is 12.2. The van der Waals surface area contributed by atoms with Gasteiger partial charge in [0, 0.05) is 75.3 Å². The predicted molar refractivity (Wildman–Crippen MR) is 258 cm³/mol. The summed E-state index contributed by atoms with van der Waals surface area (Å²) in [5.74, 6) is 1.38. The quantitative estimate of drug-likeness (QED) is 0.0372. The third kappa shape index (κ3) is 10.8. The Morgan fingerprint density at radius 1 is 1.05 bits per heavy atom. The van der Waals surface area contributed by atoms with Crippen LogP contribution in [0.15, 0.2) is 91.3 Å². The molecule has 4 heterocycles. The third-order valence-corrected chi connectivity index (χ3v) is 11.3. The van der Waals surface area contributed by atoms with Gasteiger partial charge in [-0.1, -0.05) is 56.7 Å². The number of nitrogens with two attached hydrogens (primary N) is 1. The largest absolute Gasteiger partial charge is 0.399 e. The van der Waals surface area contributed by atoms with E-state index in [1.165, 1.54) is 11.1 Å². The van der Waals surface area contributed by atoms with Crippen LogP contribution in [-0.2, 0) is 37.2 Å². The van der Waals surface area contributed by atoms with Crippen LogP contribution in [0, 0.1) is 12.3 Å². The van der Waals surface area contributed by atoms with Crippen LogP contribution in [0.4, 0.5) is 11.6 Å². The number of benzene rings is 2. The normalized spacial score (nSPS) is 16.6. The maximum absolute atomic E-state index is 8.03. The highest BCUT2D eigenvalue weighted by Gasteiger charge is 2.26. The molecule has 0 saturated carbocycles. The van der Waals surface area contributed by atoms with E-state index in [0.29, 0.717) is 62.3 Å². The Labute approximate surface area is 367 Å². The fraction of sp³-hybridized carbons (Fsp3) is 0.388. The first kappa shape index (κ1) is 45.3. The minimum absolute atomic E-state index is 0.154. The molecule has 0 aliphatic carbocycles. The van der Waals surface area contributed by atoms with E-state index >= 15 is 0 Å². The fourth-order valence-corrected chi connectivity index (χ4v) is 8.31. The number of aromatic nitrogens is 4. The van der Waals surface area contributed by atoms with Gasteiger partial charge in [0.2, 0.25) is 11.9 Å². The Morgan fingerprint density at radius 2 is 1.81 bits per heavy atom. The Kier molecular flexibility index (Phi) is 15.1. The number of rotatable bonds is 16. The molecule has 2 bridgehead atoms. The van der Waals surface area contributed by atoms with Gasteiger partial charge in [-0.15, -0.1) is 0 Å². The van der Waals surface area contributed by atoms with E-state index in [1.54, 1.807) is 14.0 Å². The smallest absolute Gasteiger partial charge is 0.208 e. The molecule has 0 radical (unpaired) electrons. The highest BCUT2D eigenvalue weighted by atomic mass is 16.5. The Hall–Kier alpha value is -6.18. The molecule has 2 aliphatic heterocycles. The van der Waals surface area contributed by atoms with Crippen LogP contribution in [0.25, 0.3) is 28.5 Å². The van der Waals surface area contributed by atoms with Gasteiger partial charge in [-0.05, 0) is 107 Å². The number of allylic oxidation sites excluding steroid dienone is 2. The second-order valence-electron chi connectivity index (χ2n) is 16.4. The number of anilines is 1. The van der Waals surface area contributed by atoms with Gasteiger partial charge in [0.15, 0.2) is 0 Å². The first-order chi connectivity index (χ1) is 29.8. The average molecular weight is 839 g/mol. The summed E-state index contributed by atoms with van der Waals surface area (Å²) in [6, 6.07) is 11.0. The summed E-state index contributed by atoms with van der Waals surface area (Å²) in [5.41, 5.74) is 19.9. The molecule has 0 spiro atoms. The number of ether oxygens (including phenoxy) is 1. The van der Waals surface area contributed by atoms with E-state index in [2.05, 4.69) is 112 Å². The number of imidazole rings is 1. The monoisotopic (exact) mass is 839 g/mol. The summed E-state index contributed by atoms with van der Waals surface area (Å²) < 4.78 is 9.77. The van der Waals surface area contributed by atoms with Crippen molar-refractivity contribution >= 4 is 51.8 Å². The molecular formula is C49H66N12O. The average Bonchev–Trinajstić information content (AvgIpc) is 3.80. The molecule has 7 N–H and O–H groups in total. The lowest BCUT2D eigenvalue weighted by Crippen LogP contribution is -2.42. The van der Waals surface area contributed by atoms with Gasteiger partial charge < -0.3 is 46.6 Å². The molecule has 13 heteroatoms. The number of hydrogen-bond donors (Lipinski definition) is 6. The van der Waals surface area contributed by atoms with E-state index in [0.717, 1.165) is 94.4 Å². The number of likely N-dealkylation sites (N-methyl/N-ethyl adjacent to an activating group) is 1. The topological polar surface area (TPSA) is 158 Å². The number of nitrogens with zero attached hydrogens (tertiary/aromatic N) is 6. The highest BCUT2D eigenvalue weighted by Crippen LogP contribution is 2.34. The lowest BCUT2D eigenvalue weighted by Gasteiger charge is -2.32. The van der Waals surface area contributed by atoms with Gasteiger partial charge in [-0.25, -0.2) is 9.98 Å². The zero-order valence-electron chi connectivity index (χ0n) is 37.6. The SMILES string of the molecule is C=Cc1cc2c3c(c1)N=C(NC(=C)c1cc(C)nn1CC)N(C/C=C/Cn1c(NC(=C)/C(=C/CC(C)=N)NCC)nc4cc(C(=C)N)cc(c41)CCC(NC(C)COC)CC2)C3. The minimum atomic E-state index is 0.154. The lowest BCUT2D eigenvalue weighted by atomic mass is 9.92. The second-order valence-corrected chi connectivity index (χ2v) is 16.4. The molecule has 6 rings (SSSR count). The zero-order valence-corrected chi connectivity index (χ0v) is 37.6. The number of guanidine groups is 1. The number of nitrogens with one attached hydrogen (secondary N) is 5. The van der Waals surface area contributed by atoms with E-state index < -0.39 is 0 Å². The zero-order chi connectivity index (χ0) is 44.5. The molecule has 0 fully saturated rings. The van der Waals surface area contributed by atoms with Crippen molar-refractivity contribution in [2.45, 2.75) is 98.4 Å². The van der Waals surface area contributed by atoms with Gasteiger partial charge in [0.05, 0.1) is 51.8 Å². The van der Waals surface area contributed by atoms with Crippen LogP contribution < -0.4 is 27.0 Å². The molecule has 0 amide bonds. The molecule has 2 atom stereocenters. The molecule has 2 unspecified atom stereocenters. The summed E-state index contributed by atoms with van der Waals surface area (Å²) >= 11 is 0. The molecular weight excluding hydrogens is 773 g/mol. The van der Waals surface area contributed by atoms with Crippen molar-refractivity contribution < 1.29 is 4.74 Å². The van der Waals surface area contributed by atoms with Crippen molar-refractivity contribution in [3.63, 3.8) is 0 Å². The van der Waals surface area contributed by atoms with Crippen LogP contribution in [0.3, 0.4) is 0 Å². The maximum atomic E-state index is 8.03. The molecule has 62 heavy (non-hydrogen) atoms. The summed E-state index contributed by atoms with van der Waals surface area (Å²) in [5, 5.41) is 27.2. The van der Waals surface area contributed by atoms with Crippen LogP contribution in [0.1, 0.15) is 86.2 Å². The van der Waals surface area contributed by atoms with E-state index in [9.17, 15) is 0 Å². The molecule has 2 aliphatic rings. The van der Waals surface area contributed by atoms with Gasteiger partial charge in [-0.3, -0.25) is 4.68 Å². The third-order valence-electron chi connectivity index (χ3n) is 11.3. The molecule has 4 aromatic rings.